The zero-order chi connectivity index (χ0) is 12.4. The predicted molar refractivity (Wildman–Crippen MR) is 74.2 cm³/mol. The highest BCUT2D eigenvalue weighted by Gasteiger charge is 2.27. The molecule has 18 heavy (non-hydrogen) atoms. The Morgan fingerprint density at radius 1 is 0.833 bits per heavy atom. The van der Waals surface area contributed by atoms with Crippen molar-refractivity contribution >= 4 is 5.57 Å². The van der Waals surface area contributed by atoms with Gasteiger partial charge in [-0.05, 0) is 23.1 Å². The highest BCUT2D eigenvalue weighted by Crippen LogP contribution is 2.40. The van der Waals surface area contributed by atoms with Crippen LogP contribution in [0.25, 0.3) is 5.57 Å². The van der Waals surface area contributed by atoms with Crippen molar-refractivity contribution in [1.82, 2.24) is 0 Å². The smallest absolute Gasteiger partial charge is 0.0736 e. The monoisotopic (exact) mass is 236 g/mol. The molecule has 0 spiro atoms. The summed E-state index contributed by atoms with van der Waals surface area (Å²) in [5.41, 5.74) is 3.74. The van der Waals surface area contributed by atoms with E-state index >= 15 is 0 Å². The number of aliphatic hydroxyl groups is 1. The van der Waals surface area contributed by atoms with E-state index in [2.05, 4.69) is 36.4 Å². The van der Waals surface area contributed by atoms with Gasteiger partial charge >= 0.3 is 0 Å². The SMILES string of the molecule is O[C@@H]1C=C(c2ccccc2)[C@H](c2ccccc2)C1. The van der Waals surface area contributed by atoms with Gasteiger partial charge in [0.25, 0.3) is 0 Å². The molecule has 0 saturated carbocycles. The molecule has 0 fully saturated rings. The maximum Gasteiger partial charge on any atom is 0.0736 e. The molecule has 90 valence electrons. The van der Waals surface area contributed by atoms with Crippen molar-refractivity contribution in [2.75, 3.05) is 0 Å². The Morgan fingerprint density at radius 2 is 1.44 bits per heavy atom. The molecular weight excluding hydrogens is 220 g/mol. The molecule has 2 aromatic rings. The van der Waals surface area contributed by atoms with Crippen molar-refractivity contribution in [1.29, 1.82) is 0 Å². The summed E-state index contributed by atoms with van der Waals surface area (Å²) in [4.78, 5) is 0. The lowest BCUT2D eigenvalue weighted by atomic mass is 9.88. The van der Waals surface area contributed by atoms with Crippen molar-refractivity contribution in [3.05, 3.63) is 77.9 Å². The van der Waals surface area contributed by atoms with Crippen LogP contribution in [-0.2, 0) is 0 Å². The molecule has 2 atom stereocenters. The summed E-state index contributed by atoms with van der Waals surface area (Å²) in [5.74, 6) is 0.309. The van der Waals surface area contributed by atoms with E-state index in [0.29, 0.717) is 5.92 Å². The average molecular weight is 236 g/mol. The van der Waals surface area contributed by atoms with Crippen LogP contribution in [0.3, 0.4) is 0 Å². The van der Waals surface area contributed by atoms with Crippen LogP contribution in [0.4, 0.5) is 0 Å². The maximum absolute atomic E-state index is 9.92. The van der Waals surface area contributed by atoms with E-state index in [0.717, 1.165) is 6.42 Å². The van der Waals surface area contributed by atoms with Crippen molar-refractivity contribution in [3.63, 3.8) is 0 Å². The van der Waals surface area contributed by atoms with E-state index in [-0.39, 0.29) is 6.10 Å². The lowest BCUT2D eigenvalue weighted by Crippen LogP contribution is -2.02. The van der Waals surface area contributed by atoms with Crippen LogP contribution >= 0.6 is 0 Å². The minimum absolute atomic E-state index is 0.309. The summed E-state index contributed by atoms with van der Waals surface area (Å²) in [6.07, 6.45) is 2.45. The summed E-state index contributed by atoms with van der Waals surface area (Å²) >= 11 is 0. The molecule has 0 bridgehead atoms. The first-order valence-electron chi connectivity index (χ1n) is 6.35. The Bertz CT molecular complexity index is 542. The Morgan fingerprint density at radius 3 is 2.11 bits per heavy atom. The van der Waals surface area contributed by atoms with Crippen molar-refractivity contribution in [3.8, 4) is 0 Å². The molecule has 0 saturated heterocycles. The molecule has 1 N–H and O–H groups in total. The Hall–Kier alpha value is -1.86. The van der Waals surface area contributed by atoms with Gasteiger partial charge < -0.3 is 5.11 Å². The van der Waals surface area contributed by atoms with Gasteiger partial charge in [-0.2, -0.15) is 0 Å². The second-order valence-electron chi connectivity index (χ2n) is 4.75. The van der Waals surface area contributed by atoms with Gasteiger partial charge in [0.05, 0.1) is 6.10 Å². The first kappa shape index (κ1) is 11.2. The van der Waals surface area contributed by atoms with E-state index in [1.54, 1.807) is 0 Å². The van der Waals surface area contributed by atoms with Gasteiger partial charge in [0.15, 0.2) is 0 Å². The summed E-state index contributed by atoms with van der Waals surface area (Å²) in [7, 11) is 0. The highest BCUT2D eigenvalue weighted by atomic mass is 16.3. The van der Waals surface area contributed by atoms with Crippen LogP contribution in [0.2, 0.25) is 0 Å². The molecule has 0 heterocycles. The van der Waals surface area contributed by atoms with Crippen molar-refractivity contribution in [2.24, 2.45) is 0 Å². The van der Waals surface area contributed by atoms with E-state index in [9.17, 15) is 5.11 Å². The maximum atomic E-state index is 9.92. The Balaban J connectivity index is 1.99. The number of benzene rings is 2. The van der Waals surface area contributed by atoms with Gasteiger partial charge in [0.1, 0.15) is 0 Å². The molecule has 0 aliphatic heterocycles. The average Bonchev–Trinajstić information content (AvgIpc) is 2.83. The standard InChI is InChI=1S/C17H16O/c18-15-11-16(13-7-3-1-4-8-13)17(12-15)14-9-5-2-6-10-14/h1-11,15,17-18H,12H2/t15-,17+/m1/s1. The topological polar surface area (TPSA) is 20.2 Å². The molecule has 0 radical (unpaired) electrons. The molecule has 1 aliphatic rings. The van der Waals surface area contributed by atoms with Gasteiger partial charge in [0, 0.05) is 5.92 Å². The zero-order valence-electron chi connectivity index (χ0n) is 10.2. The predicted octanol–water partition coefficient (Wildman–Crippen LogP) is 3.62. The fraction of sp³-hybridized carbons (Fsp3) is 0.176. The largest absolute Gasteiger partial charge is 0.389 e. The summed E-state index contributed by atoms with van der Waals surface area (Å²) in [6, 6.07) is 20.8. The number of hydrogen-bond acceptors (Lipinski definition) is 1. The number of hydrogen-bond donors (Lipinski definition) is 1. The van der Waals surface area contributed by atoms with Crippen LogP contribution in [0.15, 0.2) is 66.7 Å². The van der Waals surface area contributed by atoms with Crippen LogP contribution in [0.5, 0.6) is 0 Å². The molecule has 0 amide bonds. The first-order valence-corrected chi connectivity index (χ1v) is 6.35. The second kappa shape index (κ2) is 4.79. The van der Waals surface area contributed by atoms with Crippen LogP contribution in [0.1, 0.15) is 23.5 Å². The van der Waals surface area contributed by atoms with E-state index < -0.39 is 0 Å². The van der Waals surface area contributed by atoms with Gasteiger partial charge in [-0.3, -0.25) is 0 Å². The van der Waals surface area contributed by atoms with Gasteiger partial charge in [-0.1, -0.05) is 66.7 Å². The van der Waals surface area contributed by atoms with Gasteiger partial charge in [-0.15, -0.1) is 0 Å². The Kier molecular flexibility index (Phi) is 2.99. The zero-order valence-corrected chi connectivity index (χ0v) is 10.2. The van der Waals surface area contributed by atoms with Gasteiger partial charge in [0.2, 0.25) is 0 Å². The van der Waals surface area contributed by atoms with Crippen molar-refractivity contribution in [2.45, 2.75) is 18.4 Å². The third kappa shape index (κ3) is 2.09. The molecule has 2 aromatic carbocycles. The van der Waals surface area contributed by atoms with E-state index in [1.807, 2.05) is 30.3 Å². The number of aliphatic hydroxyl groups excluding tert-OH is 1. The summed E-state index contributed by atoms with van der Waals surface area (Å²) in [5, 5.41) is 9.92. The Labute approximate surface area is 107 Å². The fourth-order valence-corrected chi connectivity index (χ4v) is 2.69. The lowest BCUT2D eigenvalue weighted by molar-refractivity contribution is 0.218. The second-order valence-corrected chi connectivity index (χ2v) is 4.75. The molecular formula is C17H16O. The molecule has 1 aliphatic carbocycles. The minimum Gasteiger partial charge on any atom is -0.389 e. The summed E-state index contributed by atoms with van der Waals surface area (Å²) < 4.78 is 0. The lowest BCUT2D eigenvalue weighted by Gasteiger charge is -2.15. The minimum atomic E-state index is -0.328. The molecule has 1 heteroatoms. The van der Waals surface area contributed by atoms with E-state index in [4.69, 9.17) is 0 Å². The molecule has 1 nitrogen and oxygen atoms in total. The van der Waals surface area contributed by atoms with Crippen molar-refractivity contribution < 1.29 is 5.11 Å². The summed E-state index contributed by atoms with van der Waals surface area (Å²) in [6.45, 7) is 0. The first-order chi connectivity index (χ1) is 8.84. The molecule has 3 rings (SSSR count). The normalized spacial score (nSPS) is 22.8. The molecule has 0 unspecified atom stereocenters. The fourth-order valence-electron chi connectivity index (χ4n) is 2.69. The quantitative estimate of drug-likeness (QED) is 0.844. The number of allylic oxidation sites excluding steroid dienone is 1. The third-order valence-electron chi connectivity index (χ3n) is 3.53. The van der Waals surface area contributed by atoms with E-state index in [1.165, 1.54) is 16.7 Å². The van der Waals surface area contributed by atoms with Gasteiger partial charge in [-0.25, -0.2) is 0 Å². The van der Waals surface area contributed by atoms with Crippen LogP contribution in [-0.4, -0.2) is 11.2 Å². The highest BCUT2D eigenvalue weighted by molar-refractivity contribution is 5.74. The van der Waals surface area contributed by atoms with Crippen LogP contribution in [0, 0.1) is 0 Å². The third-order valence-corrected chi connectivity index (χ3v) is 3.53. The number of rotatable bonds is 2. The molecule has 0 aromatic heterocycles. The van der Waals surface area contributed by atoms with Crippen LogP contribution < -0.4 is 0 Å².